The molecule has 110 valence electrons. The number of rotatable bonds is 4. The molecule has 5 heteroatoms. The van der Waals surface area contributed by atoms with Gasteiger partial charge in [0.2, 0.25) is 5.69 Å². The van der Waals surface area contributed by atoms with Crippen LogP contribution in [0.5, 0.6) is 0 Å². The van der Waals surface area contributed by atoms with Crippen molar-refractivity contribution in [2.24, 2.45) is 0 Å². The lowest BCUT2D eigenvalue weighted by Crippen LogP contribution is -2.35. The highest BCUT2D eigenvalue weighted by Gasteiger charge is 2.48. The molecule has 0 spiro atoms. The van der Waals surface area contributed by atoms with E-state index in [0.29, 0.717) is 12.8 Å². The molecule has 1 aliphatic heterocycles. The third kappa shape index (κ3) is 2.29. The fourth-order valence-electron chi connectivity index (χ4n) is 2.92. The molecule has 0 aromatic heterocycles. The SMILES string of the molecule is CCCC([N+]1=C(C)C(C)(C)c2ccccc21)S(=O)(=O)O. The van der Waals surface area contributed by atoms with Crippen LogP contribution in [0.3, 0.4) is 0 Å². The van der Waals surface area contributed by atoms with Crippen molar-refractivity contribution in [1.29, 1.82) is 0 Å². The Morgan fingerprint density at radius 1 is 1.30 bits per heavy atom. The minimum atomic E-state index is -4.13. The van der Waals surface area contributed by atoms with E-state index in [9.17, 15) is 13.0 Å². The van der Waals surface area contributed by atoms with Gasteiger partial charge in [-0.15, -0.1) is 0 Å². The van der Waals surface area contributed by atoms with Crippen LogP contribution in [0.25, 0.3) is 0 Å². The summed E-state index contributed by atoms with van der Waals surface area (Å²) in [5.41, 5.74) is 2.70. The van der Waals surface area contributed by atoms with Crippen LogP contribution in [-0.2, 0) is 15.5 Å². The van der Waals surface area contributed by atoms with Gasteiger partial charge in [0.05, 0.1) is 5.41 Å². The number of benzene rings is 1. The molecule has 1 aliphatic rings. The summed E-state index contributed by atoms with van der Waals surface area (Å²) in [7, 11) is -4.13. The Bertz CT molecular complexity index is 659. The maximum absolute atomic E-state index is 11.8. The van der Waals surface area contributed by atoms with Crippen LogP contribution in [0.15, 0.2) is 24.3 Å². The van der Waals surface area contributed by atoms with Gasteiger partial charge < -0.3 is 0 Å². The van der Waals surface area contributed by atoms with Gasteiger partial charge in [-0.05, 0) is 20.3 Å². The summed E-state index contributed by atoms with van der Waals surface area (Å²) in [6, 6.07) is 7.79. The van der Waals surface area contributed by atoms with Crippen LogP contribution in [0.1, 0.15) is 46.1 Å². The second kappa shape index (κ2) is 4.97. The van der Waals surface area contributed by atoms with E-state index in [0.717, 1.165) is 17.0 Å². The minimum absolute atomic E-state index is 0.229. The molecule has 4 nitrogen and oxygen atoms in total. The summed E-state index contributed by atoms with van der Waals surface area (Å²) in [4.78, 5) is 0. The van der Waals surface area contributed by atoms with E-state index >= 15 is 0 Å². The second-order valence-corrected chi connectivity index (χ2v) is 7.43. The van der Waals surface area contributed by atoms with Gasteiger partial charge in [0.1, 0.15) is 0 Å². The van der Waals surface area contributed by atoms with E-state index in [-0.39, 0.29) is 5.41 Å². The molecule has 1 aromatic carbocycles. The first-order valence-electron chi connectivity index (χ1n) is 6.90. The van der Waals surface area contributed by atoms with Gasteiger partial charge in [0.15, 0.2) is 5.71 Å². The first-order chi connectivity index (χ1) is 9.21. The topological polar surface area (TPSA) is 57.4 Å². The first kappa shape index (κ1) is 15.2. The molecule has 2 rings (SSSR count). The lowest BCUT2D eigenvalue weighted by Gasteiger charge is -2.15. The average molecular weight is 296 g/mol. The van der Waals surface area contributed by atoms with Crippen LogP contribution in [0.4, 0.5) is 5.69 Å². The Kier molecular flexibility index (Phi) is 3.77. The van der Waals surface area contributed by atoms with Crippen LogP contribution in [0.2, 0.25) is 0 Å². The van der Waals surface area contributed by atoms with Gasteiger partial charge in [0.25, 0.3) is 5.37 Å². The van der Waals surface area contributed by atoms with Gasteiger partial charge in [-0.3, -0.25) is 4.55 Å². The molecule has 1 aromatic rings. The van der Waals surface area contributed by atoms with Crippen molar-refractivity contribution < 1.29 is 17.5 Å². The molecule has 0 bridgehead atoms. The van der Waals surface area contributed by atoms with Crippen molar-refractivity contribution in [1.82, 2.24) is 0 Å². The molecule has 0 saturated carbocycles. The molecule has 0 amide bonds. The van der Waals surface area contributed by atoms with Crippen molar-refractivity contribution in [2.45, 2.75) is 51.3 Å². The molecule has 1 atom stereocenters. The van der Waals surface area contributed by atoms with Crippen molar-refractivity contribution >= 4 is 21.5 Å². The summed E-state index contributed by atoms with van der Waals surface area (Å²) in [6.45, 7) is 8.01. The smallest absolute Gasteiger partial charge is 0.280 e. The zero-order valence-electron chi connectivity index (χ0n) is 12.4. The van der Waals surface area contributed by atoms with Crippen molar-refractivity contribution in [3.05, 3.63) is 29.8 Å². The molecule has 1 heterocycles. The van der Waals surface area contributed by atoms with Crippen LogP contribution in [-0.4, -0.2) is 28.6 Å². The number of para-hydroxylation sites is 1. The largest absolute Gasteiger partial charge is 0.329 e. The lowest BCUT2D eigenvalue weighted by molar-refractivity contribution is -0.459. The monoisotopic (exact) mass is 296 g/mol. The number of hydrogen-bond acceptors (Lipinski definition) is 2. The molecular formula is C15H22NO3S+. The molecule has 20 heavy (non-hydrogen) atoms. The zero-order valence-corrected chi connectivity index (χ0v) is 13.2. The van der Waals surface area contributed by atoms with Gasteiger partial charge in [-0.1, -0.05) is 25.1 Å². The maximum atomic E-state index is 11.8. The van der Waals surface area contributed by atoms with Crippen molar-refractivity contribution in [2.75, 3.05) is 0 Å². The average Bonchev–Trinajstić information content (AvgIpc) is 2.55. The molecule has 1 N–H and O–H groups in total. The fraction of sp³-hybridized carbons (Fsp3) is 0.533. The normalized spacial score (nSPS) is 19.1. The van der Waals surface area contributed by atoms with E-state index in [1.807, 2.05) is 38.1 Å². The number of hydrogen-bond donors (Lipinski definition) is 1. The van der Waals surface area contributed by atoms with E-state index in [1.165, 1.54) is 0 Å². The van der Waals surface area contributed by atoms with E-state index in [2.05, 4.69) is 13.8 Å². The quantitative estimate of drug-likeness (QED) is 0.686. The number of fused-ring (bicyclic) bond motifs is 1. The first-order valence-corrected chi connectivity index (χ1v) is 8.40. The lowest BCUT2D eigenvalue weighted by atomic mass is 9.82. The fourth-order valence-corrected chi connectivity index (χ4v) is 3.99. The van der Waals surface area contributed by atoms with Gasteiger partial charge in [-0.25, -0.2) is 0 Å². The van der Waals surface area contributed by atoms with E-state index < -0.39 is 15.5 Å². The minimum Gasteiger partial charge on any atom is -0.280 e. The standard InChI is InChI=1S/C15H21NO3S/c1-5-8-14(20(17,18)19)16-11(2)15(3,4)12-9-6-7-10-13(12)16/h6-7,9-10,14H,5,8H2,1-4H3/p+1. The molecule has 0 fully saturated rings. The summed E-state index contributed by atoms with van der Waals surface area (Å²) in [5, 5.41) is -0.907. The third-order valence-corrected chi connectivity index (χ3v) is 5.40. The van der Waals surface area contributed by atoms with Gasteiger partial charge in [-0.2, -0.15) is 13.0 Å². The van der Waals surface area contributed by atoms with Crippen LogP contribution in [0, 0.1) is 0 Å². The van der Waals surface area contributed by atoms with E-state index in [1.54, 1.807) is 4.58 Å². The van der Waals surface area contributed by atoms with Crippen molar-refractivity contribution in [3.63, 3.8) is 0 Å². The van der Waals surface area contributed by atoms with Crippen LogP contribution < -0.4 is 0 Å². The Labute approximate surface area is 120 Å². The maximum Gasteiger partial charge on any atom is 0.329 e. The molecule has 1 unspecified atom stereocenters. The number of nitrogens with zero attached hydrogens (tertiary/aromatic N) is 1. The van der Waals surface area contributed by atoms with E-state index in [4.69, 9.17) is 0 Å². The summed E-state index contributed by atoms with van der Waals surface area (Å²) in [5.74, 6) is 0. The zero-order chi connectivity index (χ0) is 15.1. The van der Waals surface area contributed by atoms with Crippen LogP contribution >= 0.6 is 0 Å². The van der Waals surface area contributed by atoms with Crippen molar-refractivity contribution in [3.8, 4) is 0 Å². The third-order valence-electron chi connectivity index (χ3n) is 4.27. The highest BCUT2D eigenvalue weighted by molar-refractivity contribution is 7.86. The highest BCUT2D eigenvalue weighted by Crippen LogP contribution is 2.41. The summed E-state index contributed by atoms with van der Waals surface area (Å²) in [6.07, 6.45) is 1.09. The molecule has 0 saturated heterocycles. The Hall–Kier alpha value is -1.20. The Balaban J connectivity index is 2.69. The molecular weight excluding hydrogens is 274 g/mol. The predicted molar refractivity (Wildman–Crippen MR) is 80.3 cm³/mol. The predicted octanol–water partition coefficient (Wildman–Crippen LogP) is 3.10. The second-order valence-electron chi connectivity index (χ2n) is 5.86. The van der Waals surface area contributed by atoms with Gasteiger partial charge >= 0.3 is 10.1 Å². The Morgan fingerprint density at radius 2 is 1.90 bits per heavy atom. The Morgan fingerprint density at radius 3 is 2.45 bits per heavy atom. The van der Waals surface area contributed by atoms with Gasteiger partial charge in [0, 0.05) is 25.0 Å². The summed E-state index contributed by atoms with van der Waals surface area (Å²) < 4.78 is 34.9. The highest BCUT2D eigenvalue weighted by atomic mass is 32.2. The molecule has 0 aliphatic carbocycles. The molecule has 0 radical (unpaired) electrons. The summed E-state index contributed by atoms with van der Waals surface area (Å²) >= 11 is 0.